The van der Waals surface area contributed by atoms with E-state index in [0.717, 1.165) is 16.7 Å². The highest BCUT2D eigenvalue weighted by Gasteiger charge is 2.01. The fourth-order valence-electron chi connectivity index (χ4n) is 0.874. The van der Waals surface area contributed by atoms with Crippen molar-refractivity contribution in [2.45, 2.75) is 13.8 Å². The van der Waals surface area contributed by atoms with Crippen molar-refractivity contribution in [2.24, 2.45) is 5.92 Å². The molecule has 64 valence electrons. The van der Waals surface area contributed by atoms with Gasteiger partial charge in [0.15, 0.2) is 0 Å². The Balaban J connectivity index is 2.85. The molecule has 2 heteroatoms. The van der Waals surface area contributed by atoms with Crippen molar-refractivity contribution in [3.63, 3.8) is 0 Å². The molecular formula is C10H12OS. The first-order valence-electron chi connectivity index (χ1n) is 3.94. The second-order valence-corrected chi connectivity index (χ2v) is 3.91. The Morgan fingerprint density at radius 3 is 2.75 bits per heavy atom. The van der Waals surface area contributed by atoms with Gasteiger partial charge in [-0.2, -0.15) is 0 Å². The van der Waals surface area contributed by atoms with Gasteiger partial charge in [0.2, 0.25) is 0 Å². The summed E-state index contributed by atoms with van der Waals surface area (Å²) in [6, 6.07) is 4.00. The lowest BCUT2D eigenvalue weighted by molar-refractivity contribution is -0.105. The number of hydrogen-bond acceptors (Lipinski definition) is 2. The molecule has 0 unspecified atom stereocenters. The van der Waals surface area contributed by atoms with Gasteiger partial charge in [0.1, 0.15) is 6.29 Å². The summed E-state index contributed by atoms with van der Waals surface area (Å²) < 4.78 is 0. The molecule has 0 aliphatic rings. The van der Waals surface area contributed by atoms with Gasteiger partial charge in [-0.25, -0.2) is 0 Å². The van der Waals surface area contributed by atoms with Gasteiger partial charge in [-0.05, 0) is 29.0 Å². The summed E-state index contributed by atoms with van der Waals surface area (Å²) in [6.45, 7) is 4.04. The topological polar surface area (TPSA) is 17.1 Å². The van der Waals surface area contributed by atoms with E-state index in [-0.39, 0.29) is 0 Å². The number of aldehydes is 1. The van der Waals surface area contributed by atoms with Crippen LogP contribution < -0.4 is 0 Å². The Kier molecular flexibility index (Phi) is 3.23. The van der Waals surface area contributed by atoms with Crippen LogP contribution in [0.25, 0.3) is 6.08 Å². The third-order valence-electron chi connectivity index (χ3n) is 1.65. The fraction of sp³-hybridized carbons (Fsp3) is 0.300. The minimum Gasteiger partial charge on any atom is -0.298 e. The molecule has 1 nitrogen and oxygen atoms in total. The Bertz CT molecular complexity index is 270. The van der Waals surface area contributed by atoms with Crippen molar-refractivity contribution >= 4 is 23.7 Å². The van der Waals surface area contributed by atoms with Crippen LogP contribution >= 0.6 is 11.3 Å². The number of allylic oxidation sites excluding steroid dienone is 1. The minimum absolute atomic E-state index is 0.310. The Morgan fingerprint density at radius 2 is 2.33 bits per heavy atom. The first-order valence-corrected chi connectivity index (χ1v) is 4.82. The van der Waals surface area contributed by atoms with Crippen LogP contribution in [-0.2, 0) is 4.79 Å². The highest BCUT2D eigenvalue weighted by molar-refractivity contribution is 7.10. The third-order valence-corrected chi connectivity index (χ3v) is 2.47. The van der Waals surface area contributed by atoms with E-state index in [0.29, 0.717) is 5.92 Å². The summed E-state index contributed by atoms with van der Waals surface area (Å²) in [7, 11) is 0. The standard InChI is InChI=1S/C10H12OS/c1-8(2)9(7-11)6-10-4-3-5-12-10/h3-8H,1-2H3/b9-6-. The molecule has 0 N–H and O–H groups in total. The van der Waals surface area contributed by atoms with E-state index in [2.05, 4.69) is 0 Å². The molecule has 0 bridgehead atoms. The van der Waals surface area contributed by atoms with E-state index in [1.807, 2.05) is 37.4 Å². The molecule has 0 amide bonds. The second-order valence-electron chi connectivity index (χ2n) is 2.93. The number of rotatable bonds is 3. The van der Waals surface area contributed by atoms with E-state index in [9.17, 15) is 4.79 Å². The lowest BCUT2D eigenvalue weighted by Crippen LogP contribution is -1.93. The molecule has 0 aromatic carbocycles. The summed E-state index contributed by atoms with van der Waals surface area (Å²) in [5, 5.41) is 2.01. The molecule has 0 radical (unpaired) electrons. The molecular weight excluding hydrogens is 168 g/mol. The number of carbonyl (C=O) groups is 1. The van der Waals surface area contributed by atoms with Crippen molar-refractivity contribution in [1.29, 1.82) is 0 Å². The Morgan fingerprint density at radius 1 is 1.58 bits per heavy atom. The number of hydrogen-bond donors (Lipinski definition) is 0. The van der Waals surface area contributed by atoms with E-state index in [1.54, 1.807) is 11.3 Å². The van der Waals surface area contributed by atoms with Crippen molar-refractivity contribution in [1.82, 2.24) is 0 Å². The van der Waals surface area contributed by atoms with Crippen LogP contribution in [0.1, 0.15) is 18.7 Å². The Labute approximate surface area is 76.7 Å². The van der Waals surface area contributed by atoms with Crippen LogP contribution in [0.2, 0.25) is 0 Å². The maximum Gasteiger partial charge on any atom is 0.146 e. The number of carbonyl (C=O) groups excluding carboxylic acids is 1. The first kappa shape index (κ1) is 9.20. The molecule has 0 saturated heterocycles. The van der Waals surface area contributed by atoms with Crippen LogP contribution in [0, 0.1) is 5.92 Å². The van der Waals surface area contributed by atoms with Crippen LogP contribution in [0.3, 0.4) is 0 Å². The first-order chi connectivity index (χ1) is 5.74. The molecule has 1 aromatic heterocycles. The molecule has 0 aliphatic carbocycles. The lowest BCUT2D eigenvalue weighted by atomic mass is 10.0. The largest absolute Gasteiger partial charge is 0.298 e. The third kappa shape index (κ3) is 2.31. The van der Waals surface area contributed by atoms with Gasteiger partial charge in [-0.1, -0.05) is 19.9 Å². The molecule has 1 aromatic rings. The van der Waals surface area contributed by atoms with E-state index < -0.39 is 0 Å². The highest BCUT2D eigenvalue weighted by atomic mass is 32.1. The number of thiophene rings is 1. The monoisotopic (exact) mass is 180 g/mol. The maximum absolute atomic E-state index is 10.6. The van der Waals surface area contributed by atoms with Crippen LogP contribution in [0.5, 0.6) is 0 Å². The summed E-state index contributed by atoms with van der Waals surface area (Å²) in [4.78, 5) is 11.8. The zero-order valence-corrected chi connectivity index (χ0v) is 8.10. The average Bonchev–Trinajstić information content (AvgIpc) is 2.51. The summed E-state index contributed by atoms with van der Waals surface area (Å²) in [5.74, 6) is 0.310. The molecule has 1 rings (SSSR count). The smallest absolute Gasteiger partial charge is 0.146 e. The van der Waals surface area contributed by atoms with Crippen molar-refractivity contribution in [3.8, 4) is 0 Å². The van der Waals surface area contributed by atoms with Crippen molar-refractivity contribution in [2.75, 3.05) is 0 Å². The molecule has 0 fully saturated rings. The molecule has 0 spiro atoms. The summed E-state index contributed by atoms with van der Waals surface area (Å²) in [6.07, 6.45) is 2.88. The predicted octanol–water partition coefficient (Wildman–Crippen LogP) is 2.99. The summed E-state index contributed by atoms with van der Waals surface area (Å²) >= 11 is 1.65. The highest BCUT2D eigenvalue weighted by Crippen LogP contribution is 2.16. The summed E-state index contributed by atoms with van der Waals surface area (Å²) in [5.41, 5.74) is 0.859. The van der Waals surface area contributed by atoms with Gasteiger partial charge in [0.05, 0.1) is 0 Å². The molecule has 12 heavy (non-hydrogen) atoms. The van der Waals surface area contributed by atoms with Crippen molar-refractivity contribution < 1.29 is 4.79 Å². The molecule has 1 heterocycles. The fourth-order valence-corrected chi connectivity index (χ4v) is 1.55. The second kappa shape index (κ2) is 4.21. The van der Waals surface area contributed by atoms with E-state index in [1.165, 1.54) is 0 Å². The van der Waals surface area contributed by atoms with Crippen LogP contribution in [0.4, 0.5) is 0 Å². The van der Waals surface area contributed by atoms with Crippen LogP contribution in [-0.4, -0.2) is 6.29 Å². The maximum atomic E-state index is 10.6. The average molecular weight is 180 g/mol. The molecule has 0 saturated carbocycles. The SMILES string of the molecule is CC(C)/C(C=O)=C\c1cccs1. The van der Waals surface area contributed by atoms with Gasteiger partial charge in [-0.3, -0.25) is 4.79 Å². The van der Waals surface area contributed by atoms with Crippen molar-refractivity contribution in [3.05, 3.63) is 28.0 Å². The van der Waals surface area contributed by atoms with Gasteiger partial charge in [0.25, 0.3) is 0 Å². The minimum atomic E-state index is 0.310. The zero-order chi connectivity index (χ0) is 8.97. The normalized spacial score (nSPS) is 12.1. The van der Waals surface area contributed by atoms with E-state index >= 15 is 0 Å². The van der Waals surface area contributed by atoms with Gasteiger partial charge < -0.3 is 0 Å². The zero-order valence-electron chi connectivity index (χ0n) is 7.28. The quantitative estimate of drug-likeness (QED) is 0.516. The lowest BCUT2D eigenvalue weighted by Gasteiger charge is -2.01. The van der Waals surface area contributed by atoms with E-state index in [4.69, 9.17) is 0 Å². The van der Waals surface area contributed by atoms with Gasteiger partial charge in [0, 0.05) is 4.88 Å². The van der Waals surface area contributed by atoms with Crippen LogP contribution in [0.15, 0.2) is 23.1 Å². The Hall–Kier alpha value is -0.890. The molecule has 0 aliphatic heterocycles. The predicted molar refractivity (Wildman–Crippen MR) is 53.2 cm³/mol. The van der Waals surface area contributed by atoms with Gasteiger partial charge in [-0.15, -0.1) is 11.3 Å². The molecule has 0 atom stereocenters. The van der Waals surface area contributed by atoms with Gasteiger partial charge >= 0.3 is 0 Å².